The van der Waals surface area contributed by atoms with Gasteiger partial charge in [0.15, 0.2) is 5.82 Å². The molecule has 9 heteroatoms. The van der Waals surface area contributed by atoms with Gasteiger partial charge in [0.25, 0.3) is 0 Å². The summed E-state index contributed by atoms with van der Waals surface area (Å²) in [5, 5.41) is 6.39. The molecule has 0 spiro atoms. The highest BCUT2D eigenvalue weighted by Gasteiger charge is 2.34. The van der Waals surface area contributed by atoms with Gasteiger partial charge in [0.05, 0.1) is 5.39 Å². The molecular weight excluding hydrogens is 455 g/mol. The summed E-state index contributed by atoms with van der Waals surface area (Å²) in [5.41, 5.74) is 6.61. The van der Waals surface area contributed by atoms with Gasteiger partial charge in [-0.3, -0.25) is 4.98 Å². The first-order valence-corrected chi connectivity index (χ1v) is 11.9. The molecular formula is C25H24ClFN6O. The van der Waals surface area contributed by atoms with Gasteiger partial charge >= 0.3 is 6.01 Å². The van der Waals surface area contributed by atoms with Crippen molar-refractivity contribution in [2.75, 3.05) is 31.1 Å². The van der Waals surface area contributed by atoms with Crippen LogP contribution in [0.4, 0.5) is 10.2 Å². The highest BCUT2D eigenvalue weighted by Crippen LogP contribution is 2.37. The molecule has 34 heavy (non-hydrogen) atoms. The third kappa shape index (κ3) is 3.62. The second-order valence-corrected chi connectivity index (χ2v) is 9.24. The lowest BCUT2D eigenvalue weighted by Gasteiger charge is -2.34. The Morgan fingerprint density at radius 2 is 1.88 bits per heavy atom. The van der Waals surface area contributed by atoms with E-state index in [4.69, 9.17) is 22.1 Å². The smallest absolute Gasteiger partial charge is 0.319 e. The van der Waals surface area contributed by atoms with Crippen LogP contribution in [0.1, 0.15) is 12.8 Å². The Kier molecular flexibility index (Phi) is 5.44. The Bertz CT molecular complexity index is 1380. The highest BCUT2D eigenvalue weighted by molar-refractivity contribution is 6.36. The van der Waals surface area contributed by atoms with Crippen molar-refractivity contribution in [3.05, 3.63) is 53.4 Å². The van der Waals surface area contributed by atoms with Gasteiger partial charge in [-0.25, -0.2) is 4.39 Å². The summed E-state index contributed by atoms with van der Waals surface area (Å²) < 4.78 is 21.8. The molecule has 4 heterocycles. The lowest BCUT2D eigenvalue weighted by Crippen LogP contribution is -2.51. The predicted octanol–water partition coefficient (Wildman–Crippen LogP) is 3.92. The minimum absolute atomic E-state index is 0.117. The first kappa shape index (κ1) is 21.5. The minimum Gasteiger partial charge on any atom is -0.462 e. The van der Waals surface area contributed by atoms with E-state index in [1.165, 1.54) is 0 Å². The standard InChI is InChI=1S/C25H24ClFN6O/c26-19-6-2-4-14-3-1-5-17(20(14)19)22-21(27)23-18(11-29-22)24(32-25(31-23)34-10-9-28)33-12-15-7-8-16(13-33)30-15/h1-6,11,15-16,30H,7-10,12-13,28H2. The molecule has 2 unspecified atom stereocenters. The lowest BCUT2D eigenvalue weighted by molar-refractivity contribution is 0.303. The molecule has 2 atom stereocenters. The second-order valence-electron chi connectivity index (χ2n) is 8.84. The van der Waals surface area contributed by atoms with E-state index >= 15 is 4.39 Å². The number of benzene rings is 2. The summed E-state index contributed by atoms with van der Waals surface area (Å²) in [5.74, 6) is 0.119. The van der Waals surface area contributed by atoms with Gasteiger partial charge in [0, 0.05) is 53.9 Å². The Hall–Kier alpha value is -3.07. The van der Waals surface area contributed by atoms with E-state index in [1.54, 1.807) is 12.3 Å². The average molecular weight is 479 g/mol. The zero-order chi connectivity index (χ0) is 23.2. The number of nitrogens with two attached hydrogens (primary N) is 1. The lowest BCUT2D eigenvalue weighted by atomic mass is 10.0. The number of ether oxygens (including phenoxy) is 1. The van der Waals surface area contributed by atoms with Gasteiger partial charge in [-0.05, 0) is 24.3 Å². The van der Waals surface area contributed by atoms with Crippen LogP contribution in [-0.4, -0.2) is 53.3 Å². The zero-order valence-electron chi connectivity index (χ0n) is 18.5. The zero-order valence-corrected chi connectivity index (χ0v) is 19.2. The number of hydrogen-bond donors (Lipinski definition) is 2. The Morgan fingerprint density at radius 1 is 1.12 bits per heavy atom. The summed E-state index contributed by atoms with van der Waals surface area (Å²) in [7, 11) is 0. The maximum atomic E-state index is 16.1. The van der Waals surface area contributed by atoms with E-state index in [1.807, 2.05) is 30.3 Å². The van der Waals surface area contributed by atoms with Crippen LogP contribution >= 0.6 is 11.6 Å². The van der Waals surface area contributed by atoms with E-state index in [2.05, 4.69) is 25.2 Å². The molecule has 7 nitrogen and oxygen atoms in total. The maximum absolute atomic E-state index is 16.1. The summed E-state index contributed by atoms with van der Waals surface area (Å²) in [6, 6.07) is 12.2. The molecule has 4 aromatic rings. The Morgan fingerprint density at radius 3 is 2.65 bits per heavy atom. The Labute approximate surface area is 201 Å². The molecule has 2 fully saturated rings. The van der Waals surface area contributed by atoms with Gasteiger partial charge in [0.2, 0.25) is 0 Å². The molecule has 3 N–H and O–H groups in total. The fourth-order valence-electron chi connectivity index (χ4n) is 5.13. The van der Waals surface area contributed by atoms with Crippen molar-refractivity contribution in [2.24, 2.45) is 5.73 Å². The first-order chi connectivity index (χ1) is 16.6. The number of aromatic nitrogens is 3. The molecule has 2 aliphatic heterocycles. The van der Waals surface area contributed by atoms with Crippen molar-refractivity contribution < 1.29 is 9.13 Å². The van der Waals surface area contributed by atoms with Crippen molar-refractivity contribution in [1.82, 2.24) is 20.3 Å². The SMILES string of the molecule is NCCOc1nc(N2CC3CCC(C2)N3)c2cnc(-c3cccc4cccc(Cl)c34)c(F)c2n1. The number of nitrogens with one attached hydrogen (secondary N) is 1. The molecule has 0 radical (unpaired) electrons. The number of anilines is 1. The number of rotatable bonds is 5. The van der Waals surface area contributed by atoms with Crippen LogP contribution in [0, 0.1) is 5.82 Å². The summed E-state index contributed by atoms with van der Waals surface area (Å²) in [4.78, 5) is 15.8. The molecule has 174 valence electrons. The molecule has 2 saturated heterocycles. The predicted molar refractivity (Wildman–Crippen MR) is 132 cm³/mol. The van der Waals surface area contributed by atoms with Crippen LogP contribution in [0.2, 0.25) is 5.02 Å². The third-order valence-electron chi connectivity index (χ3n) is 6.62. The Balaban J connectivity index is 1.54. The van der Waals surface area contributed by atoms with Crippen LogP contribution in [0.5, 0.6) is 6.01 Å². The van der Waals surface area contributed by atoms with Crippen LogP contribution in [-0.2, 0) is 0 Å². The van der Waals surface area contributed by atoms with Gasteiger partial charge in [-0.1, -0.05) is 41.9 Å². The number of hydrogen-bond acceptors (Lipinski definition) is 7. The van der Waals surface area contributed by atoms with E-state index < -0.39 is 5.82 Å². The quantitative estimate of drug-likeness (QED) is 0.449. The summed E-state index contributed by atoms with van der Waals surface area (Å²) >= 11 is 6.50. The second kappa shape index (κ2) is 8.61. The normalized spacial score (nSPS) is 19.8. The highest BCUT2D eigenvalue weighted by atomic mass is 35.5. The number of pyridine rings is 1. The largest absolute Gasteiger partial charge is 0.462 e. The fourth-order valence-corrected chi connectivity index (χ4v) is 5.41. The number of nitrogens with zero attached hydrogens (tertiary/aromatic N) is 4. The van der Waals surface area contributed by atoms with Crippen molar-refractivity contribution >= 4 is 39.1 Å². The van der Waals surface area contributed by atoms with E-state index in [0.29, 0.717) is 40.4 Å². The molecule has 2 aliphatic rings. The molecule has 2 aromatic carbocycles. The molecule has 2 aromatic heterocycles. The fraction of sp³-hybridized carbons (Fsp3) is 0.320. The van der Waals surface area contributed by atoms with Crippen molar-refractivity contribution in [2.45, 2.75) is 24.9 Å². The van der Waals surface area contributed by atoms with Crippen LogP contribution < -0.4 is 20.7 Å². The van der Waals surface area contributed by atoms with Gasteiger partial charge in [-0.2, -0.15) is 9.97 Å². The van der Waals surface area contributed by atoms with Crippen LogP contribution in [0.25, 0.3) is 32.9 Å². The van der Waals surface area contributed by atoms with Gasteiger partial charge in [0.1, 0.15) is 23.6 Å². The molecule has 6 rings (SSSR count). The van der Waals surface area contributed by atoms with E-state index in [0.717, 1.165) is 36.7 Å². The summed E-state index contributed by atoms with van der Waals surface area (Å²) in [6.07, 6.45) is 3.91. The maximum Gasteiger partial charge on any atom is 0.319 e. The third-order valence-corrected chi connectivity index (χ3v) is 6.93. The van der Waals surface area contributed by atoms with Gasteiger partial charge < -0.3 is 20.7 Å². The van der Waals surface area contributed by atoms with E-state index in [9.17, 15) is 0 Å². The van der Waals surface area contributed by atoms with Crippen molar-refractivity contribution in [3.63, 3.8) is 0 Å². The number of halogens is 2. The van der Waals surface area contributed by atoms with Crippen molar-refractivity contribution in [3.8, 4) is 17.3 Å². The van der Waals surface area contributed by atoms with Crippen molar-refractivity contribution in [1.29, 1.82) is 0 Å². The first-order valence-electron chi connectivity index (χ1n) is 11.5. The molecule has 0 saturated carbocycles. The van der Waals surface area contributed by atoms with Crippen LogP contribution in [0.3, 0.4) is 0 Å². The average Bonchev–Trinajstić information content (AvgIpc) is 3.20. The number of fused-ring (bicyclic) bond motifs is 4. The van der Waals surface area contributed by atoms with E-state index in [-0.39, 0.29) is 23.8 Å². The molecule has 0 aliphatic carbocycles. The number of piperazine rings is 1. The van der Waals surface area contributed by atoms with Crippen LogP contribution in [0.15, 0.2) is 42.6 Å². The molecule has 2 bridgehead atoms. The minimum atomic E-state index is -0.524. The molecule has 0 amide bonds. The topological polar surface area (TPSA) is 89.2 Å². The van der Waals surface area contributed by atoms with Gasteiger partial charge in [-0.15, -0.1) is 0 Å². The monoisotopic (exact) mass is 478 g/mol. The summed E-state index contributed by atoms with van der Waals surface area (Å²) in [6.45, 7) is 2.14.